The maximum Gasteiger partial charge on any atom is 0.143 e. The first kappa shape index (κ1) is 10.8. The molecule has 0 aliphatic carbocycles. The fraction of sp³-hybridized carbons (Fsp3) is 0.250. The van der Waals surface area contributed by atoms with E-state index in [-0.39, 0.29) is 0 Å². The van der Waals surface area contributed by atoms with E-state index in [0.29, 0.717) is 17.3 Å². The first-order valence-electron chi connectivity index (χ1n) is 4.99. The molecule has 0 amide bonds. The number of nitriles is 1. The van der Waals surface area contributed by atoms with Crippen LogP contribution in [0, 0.1) is 11.3 Å². The lowest BCUT2D eigenvalue weighted by atomic mass is 10.2. The fourth-order valence-electron chi connectivity index (χ4n) is 1.91. The van der Waals surface area contributed by atoms with Crippen molar-refractivity contribution in [1.29, 1.82) is 5.26 Å². The second-order valence-electron chi connectivity index (χ2n) is 3.38. The van der Waals surface area contributed by atoms with Gasteiger partial charge in [0.1, 0.15) is 17.0 Å². The van der Waals surface area contributed by atoms with Gasteiger partial charge in [0, 0.05) is 11.9 Å². The van der Waals surface area contributed by atoms with E-state index in [1.54, 1.807) is 7.11 Å². The van der Waals surface area contributed by atoms with Crippen LogP contribution in [0.3, 0.4) is 0 Å². The van der Waals surface area contributed by atoms with Gasteiger partial charge in [-0.3, -0.25) is 0 Å². The van der Waals surface area contributed by atoms with Gasteiger partial charge in [-0.2, -0.15) is 5.26 Å². The molecule has 16 heavy (non-hydrogen) atoms. The van der Waals surface area contributed by atoms with Crippen LogP contribution in [-0.2, 0) is 6.54 Å². The Morgan fingerprint density at radius 1 is 1.50 bits per heavy atom. The van der Waals surface area contributed by atoms with Crippen molar-refractivity contribution in [2.24, 2.45) is 0 Å². The largest absolute Gasteiger partial charge is 0.495 e. The maximum absolute atomic E-state index is 9.10. The summed E-state index contributed by atoms with van der Waals surface area (Å²) in [4.78, 5) is 0. The van der Waals surface area contributed by atoms with E-state index >= 15 is 0 Å². The number of halogens is 1. The zero-order valence-electron chi connectivity index (χ0n) is 9.12. The molecule has 0 atom stereocenters. The maximum atomic E-state index is 9.10. The number of aromatic nitrogens is 1. The first-order chi connectivity index (χ1) is 7.74. The lowest BCUT2D eigenvalue weighted by Gasteiger charge is -2.06. The molecule has 2 rings (SSSR count). The summed E-state index contributed by atoms with van der Waals surface area (Å²) in [5.41, 5.74) is 1.39. The highest BCUT2D eigenvalue weighted by Gasteiger charge is 2.17. The summed E-state index contributed by atoms with van der Waals surface area (Å²) in [6.45, 7) is 2.69. The zero-order chi connectivity index (χ0) is 11.7. The molecule has 0 bridgehead atoms. The molecular formula is C12H11ClN2O. The molecule has 1 aromatic carbocycles. The van der Waals surface area contributed by atoms with Crippen LogP contribution in [-0.4, -0.2) is 11.7 Å². The van der Waals surface area contributed by atoms with Crippen molar-refractivity contribution in [1.82, 2.24) is 4.57 Å². The summed E-state index contributed by atoms with van der Waals surface area (Å²) in [7, 11) is 1.61. The average molecular weight is 235 g/mol. The number of methoxy groups -OCH3 is 1. The molecule has 0 aliphatic rings. The second-order valence-corrected chi connectivity index (χ2v) is 3.74. The Hall–Kier alpha value is -1.66. The van der Waals surface area contributed by atoms with Crippen molar-refractivity contribution in [2.45, 2.75) is 13.5 Å². The normalized spacial score (nSPS) is 10.4. The molecular weight excluding hydrogens is 224 g/mol. The first-order valence-corrected chi connectivity index (χ1v) is 5.37. The molecule has 4 heteroatoms. The number of aryl methyl sites for hydroxylation is 1. The van der Waals surface area contributed by atoms with E-state index in [1.165, 1.54) is 0 Å². The quantitative estimate of drug-likeness (QED) is 0.800. The minimum Gasteiger partial charge on any atom is -0.495 e. The molecule has 0 spiro atoms. The van der Waals surface area contributed by atoms with Crippen molar-refractivity contribution in [3.63, 3.8) is 0 Å². The third-order valence-electron chi connectivity index (χ3n) is 2.63. The molecule has 0 N–H and O–H groups in total. The summed E-state index contributed by atoms with van der Waals surface area (Å²) in [6, 6.07) is 7.75. The van der Waals surface area contributed by atoms with Crippen molar-refractivity contribution < 1.29 is 4.74 Å². The van der Waals surface area contributed by atoms with Gasteiger partial charge in [-0.05, 0) is 13.0 Å². The van der Waals surface area contributed by atoms with Crippen LogP contribution in [0.15, 0.2) is 18.2 Å². The lowest BCUT2D eigenvalue weighted by Crippen LogP contribution is -1.95. The Kier molecular flexibility index (Phi) is 2.76. The summed E-state index contributed by atoms with van der Waals surface area (Å²) in [5.74, 6) is 0.739. The fourth-order valence-corrected chi connectivity index (χ4v) is 2.26. The Labute approximate surface area is 98.8 Å². The van der Waals surface area contributed by atoms with Gasteiger partial charge in [-0.25, -0.2) is 0 Å². The number of hydrogen-bond acceptors (Lipinski definition) is 2. The monoisotopic (exact) mass is 234 g/mol. The molecule has 3 nitrogen and oxygen atoms in total. The highest BCUT2D eigenvalue weighted by Crippen LogP contribution is 2.34. The topological polar surface area (TPSA) is 38.0 Å². The van der Waals surface area contributed by atoms with E-state index in [9.17, 15) is 0 Å². The molecule has 0 radical (unpaired) electrons. The molecule has 2 aromatic rings. The minimum absolute atomic E-state index is 0.476. The van der Waals surface area contributed by atoms with Gasteiger partial charge in [0.15, 0.2) is 0 Å². The summed E-state index contributed by atoms with van der Waals surface area (Å²) in [5, 5.41) is 10.4. The summed E-state index contributed by atoms with van der Waals surface area (Å²) >= 11 is 6.17. The van der Waals surface area contributed by atoms with E-state index in [4.69, 9.17) is 21.6 Å². The smallest absolute Gasteiger partial charge is 0.143 e. The zero-order valence-corrected chi connectivity index (χ0v) is 9.88. The van der Waals surface area contributed by atoms with Crippen molar-refractivity contribution in [2.75, 3.05) is 7.11 Å². The average Bonchev–Trinajstić information content (AvgIpc) is 2.59. The molecule has 0 saturated carbocycles. The third-order valence-corrected chi connectivity index (χ3v) is 3.02. The van der Waals surface area contributed by atoms with Gasteiger partial charge in [0.2, 0.25) is 0 Å². The van der Waals surface area contributed by atoms with Gasteiger partial charge in [0.05, 0.1) is 18.2 Å². The summed E-state index contributed by atoms with van der Waals surface area (Å²) < 4.78 is 7.18. The molecule has 0 unspecified atom stereocenters. The highest BCUT2D eigenvalue weighted by molar-refractivity contribution is 6.32. The third kappa shape index (κ3) is 1.35. The highest BCUT2D eigenvalue weighted by atomic mass is 35.5. The second kappa shape index (κ2) is 4.07. The van der Waals surface area contributed by atoms with Gasteiger partial charge in [0.25, 0.3) is 0 Å². The molecule has 82 valence electrons. The van der Waals surface area contributed by atoms with Gasteiger partial charge in [-0.15, -0.1) is 0 Å². The van der Waals surface area contributed by atoms with Crippen LogP contribution >= 0.6 is 11.6 Å². The molecule has 0 fully saturated rings. The van der Waals surface area contributed by atoms with Gasteiger partial charge < -0.3 is 9.30 Å². The van der Waals surface area contributed by atoms with Gasteiger partial charge in [-0.1, -0.05) is 23.7 Å². The molecule has 1 heterocycles. The van der Waals surface area contributed by atoms with Crippen LogP contribution in [0.5, 0.6) is 5.75 Å². The van der Waals surface area contributed by atoms with E-state index in [1.807, 2.05) is 29.7 Å². The number of hydrogen-bond donors (Lipinski definition) is 0. The van der Waals surface area contributed by atoms with Gasteiger partial charge >= 0.3 is 0 Å². The lowest BCUT2D eigenvalue weighted by molar-refractivity contribution is 0.417. The van der Waals surface area contributed by atoms with Crippen LogP contribution < -0.4 is 4.74 Å². The Balaban J connectivity index is 2.96. The van der Waals surface area contributed by atoms with Crippen molar-refractivity contribution in [3.8, 4) is 11.8 Å². The number of para-hydroxylation sites is 1. The summed E-state index contributed by atoms with van der Waals surface area (Å²) in [6.07, 6.45) is 0. The Morgan fingerprint density at radius 3 is 2.81 bits per heavy atom. The SMILES string of the molecule is CCn1c(Cl)c(C#N)c2cccc(OC)c21. The van der Waals surface area contributed by atoms with Crippen molar-refractivity contribution in [3.05, 3.63) is 28.9 Å². The Morgan fingerprint density at radius 2 is 2.25 bits per heavy atom. The number of rotatable bonds is 2. The van der Waals surface area contributed by atoms with Crippen molar-refractivity contribution >= 4 is 22.5 Å². The van der Waals surface area contributed by atoms with Crippen LogP contribution in [0.1, 0.15) is 12.5 Å². The van der Waals surface area contributed by atoms with E-state index in [2.05, 4.69) is 6.07 Å². The number of ether oxygens (including phenoxy) is 1. The molecule has 1 aromatic heterocycles. The number of nitrogens with zero attached hydrogens (tertiary/aromatic N) is 2. The standard InChI is InChI=1S/C12H11ClN2O/c1-3-15-11-8(9(7-14)12(15)13)5-4-6-10(11)16-2/h4-6H,3H2,1-2H3. The predicted octanol–water partition coefficient (Wildman–Crippen LogP) is 3.19. The van der Waals surface area contributed by atoms with E-state index in [0.717, 1.165) is 16.7 Å². The Bertz CT molecular complexity index is 581. The van der Waals surface area contributed by atoms with Crippen LogP contribution in [0.2, 0.25) is 5.15 Å². The van der Waals surface area contributed by atoms with Crippen LogP contribution in [0.4, 0.5) is 0 Å². The number of fused-ring (bicyclic) bond motifs is 1. The van der Waals surface area contributed by atoms with Crippen LogP contribution in [0.25, 0.3) is 10.9 Å². The van der Waals surface area contributed by atoms with E-state index < -0.39 is 0 Å². The minimum atomic E-state index is 0.476. The molecule has 0 saturated heterocycles. The number of benzene rings is 1. The predicted molar refractivity (Wildman–Crippen MR) is 63.9 cm³/mol. The molecule has 0 aliphatic heterocycles.